The Kier molecular flexibility index (Phi) is 4.71. The normalized spacial score (nSPS) is 12.1. The number of amides is 1. The molecular weight excluding hydrogens is 333 g/mol. The molecule has 3 rings (SSSR count). The fourth-order valence-electron chi connectivity index (χ4n) is 2.31. The van der Waals surface area contributed by atoms with Crippen molar-refractivity contribution in [2.45, 2.75) is 13.0 Å². The topological polar surface area (TPSA) is 51.5 Å². The SMILES string of the molecule is C[C@@H](NC(=O)COc1ccc(F)cc1Cl)c1cc2ccccc2o1. The summed E-state index contributed by atoms with van der Waals surface area (Å²) in [6.07, 6.45) is 0. The van der Waals surface area contributed by atoms with Gasteiger partial charge in [0.2, 0.25) is 0 Å². The molecule has 0 radical (unpaired) electrons. The van der Waals surface area contributed by atoms with E-state index in [2.05, 4.69) is 5.32 Å². The molecule has 0 aliphatic carbocycles. The predicted octanol–water partition coefficient (Wildman–Crippen LogP) is 4.48. The Bertz CT molecular complexity index is 845. The van der Waals surface area contributed by atoms with Crippen LogP contribution in [0.5, 0.6) is 5.75 Å². The summed E-state index contributed by atoms with van der Waals surface area (Å²) in [7, 11) is 0. The highest BCUT2D eigenvalue weighted by molar-refractivity contribution is 6.32. The number of halogens is 2. The van der Waals surface area contributed by atoms with Crippen LogP contribution < -0.4 is 10.1 Å². The Morgan fingerprint density at radius 2 is 2.08 bits per heavy atom. The Labute approximate surface area is 143 Å². The minimum atomic E-state index is -0.463. The quantitative estimate of drug-likeness (QED) is 0.740. The van der Waals surface area contributed by atoms with Crippen molar-refractivity contribution in [3.63, 3.8) is 0 Å². The lowest BCUT2D eigenvalue weighted by atomic mass is 10.2. The average molecular weight is 348 g/mol. The number of hydrogen-bond donors (Lipinski definition) is 1. The predicted molar refractivity (Wildman–Crippen MR) is 89.7 cm³/mol. The second-order valence-corrected chi connectivity index (χ2v) is 5.75. The molecule has 2 aromatic carbocycles. The van der Waals surface area contributed by atoms with Crippen molar-refractivity contribution < 1.29 is 18.3 Å². The number of ether oxygens (including phenoxy) is 1. The van der Waals surface area contributed by atoms with Crippen LogP contribution in [0.25, 0.3) is 11.0 Å². The first-order valence-electron chi connectivity index (χ1n) is 7.38. The van der Waals surface area contributed by atoms with E-state index in [1.54, 1.807) is 0 Å². The second kappa shape index (κ2) is 6.93. The number of carbonyl (C=O) groups is 1. The molecule has 24 heavy (non-hydrogen) atoms. The third-order valence-corrected chi connectivity index (χ3v) is 3.80. The zero-order chi connectivity index (χ0) is 17.1. The largest absolute Gasteiger partial charge is 0.482 e. The van der Waals surface area contributed by atoms with Crippen molar-refractivity contribution in [3.8, 4) is 5.75 Å². The van der Waals surface area contributed by atoms with Gasteiger partial charge in [0.15, 0.2) is 6.61 Å². The Balaban J connectivity index is 1.59. The fraction of sp³-hybridized carbons (Fsp3) is 0.167. The van der Waals surface area contributed by atoms with Crippen molar-refractivity contribution in [1.82, 2.24) is 5.32 Å². The van der Waals surface area contributed by atoms with Gasteiger partial charge in [0.1, 0.15) is 22.9 Å². The van der Waals surface area contributed by atoms with E-state index in [1.165, 1.54) is 12.1 Å². The maximum absolute atomic E-state index is 13.0. The van der Waals surface area contributed by atoms with Crippen molar-refractivity contribution in [2.24, 2.45) is 0 Å². The van der Waals surface area contributed by atoms with Crippen LogP contribution in [0, 0.1) is 5.82 Å². The number of benzene rings is 2. The molecule has 0 spiro atoms. The van der Waals surface area contributed by atoms with Crippen LogP contribution >= 0.6 is 11.6 Å². The number of nitrogens with one attached hydrogen (secondary N) is 1. The van der Waals surface area contributed by atoms with Gasteiger partial charge >= 0.3 is 0 Å². The van der Waals surface area contributed by atoms with Gasteiger partial charge in [0, 0.05) is 5.39 Å². The zero-order valence-electron chi connectivity index (χ0n) is 12.9. The van der Waals surface area contributed by atoms with E-state index in [4.69, 9.17) is 20.8 Å². The van der Waals surface area contributed by atoms with Gasteiger partial charge in [-0.2, -0.15) is 0 Å². The Morgan fingerprint density at radius 1 is 1.29 bits per heavy atom. The minimum absolute atomic E-state index is 0.119. The molecule has 1 amide bonds. The molecule has 1 N–H and O–H groups in total. The maximum Gasteiger partial charge on any atom is 0.258 e. The van der Waals surface area contributed by atoms with Crippen LogP contribution in [0.15, 0.2) is 52.9 Å². The molecular formula is C18H15ClFNO3. The first-order chi connectivity index (χ1) is 11.5. The van der Waals surface area contributed by atoms with Crippen LogP contribution in [-0.4, -0.2) is 12.5 Å². The highest BCUT2D eigenvalue weighted by Gasteiger charge is 2.15. The number of fused-ring (bicyclic) bond motifs is 1. The van der Waals surface area contributed by atoms with E-state index in [9.17, 15) is 9.18 Å². The summed E-state index contributed by atoms with van der Waals surface area (Å²) < 4.78 is 24.0. The summed E-state index contributed by atoms with van der Waals surface area (Å²) in [4.78, 5) is 12.0. The lowest BCUT2D eigenvalue weighted by molar-refractivity contribution is -0.123. The summed E-state index contributed by atoms with van der Waals surface area (Å²) in [5.74, 6) is 0.118. The van der Waals surface area contributed by atoms with Gasteiger partial charge in [0.05, 0.1) is 11.1 Å². The van der Waals surface area contributed by atoms with E-state index >= 15 is 0 Å². The van der Waals surface area contributed by atoms with Crippen molar-refractivity contribution in [1.29, 1.82) is 0 Å². The summed E-state index contributed by atoms with van der Waals surface area (Å²) in [6, 6.07) is 12.9. The van der Waals surface area contributed by atoms with Crippen molar-refractivity contribution >= 4 is 28.5 Å². The lowest BCUT2D eigenvalue weighted by Gasteiger charge is -2.12. The molecule has 0 saturated heterocycles. The van der Waals surface area contributed by atoms with Crippen LogP contribution in [0.1, 0.15) is 18.7 Å². The molecule has 0 fully saturated rings. The Morgan fingerprint density at radius 3 is 2.83 bits per heavy atom. The van der Waals surface area contributed by atoms with Crippen LogP contribution in [0.4, 0.5) is 4.39 Å². The van der Waals surface area contributed by atoms with Crippen molar-refractivity contribution in [2.75, 3.05) is 6.61 Å². The van der Waals surface area contributed by atoms with E-state index < -0.39 is 5.82 Å². The van der Waals surface area contributed by atoms with Gasteiger partial charge in [-0.25, -0.2) is 4.39 Å². The highest BCUT2D eigenvalue weighted by atomic mass is 35.5. The molecule has 0 aliphatic heterocycles. The third-order valence-electron chi connectivity index (χ3n) is 3.50. The minimum Gasteiger partial charge on any atom is -0.482 e. The van der Waals surface area contributed by atoms with Crippen molar-refractivity contribution in [3.05, 3.63) is 65.1 Å². The molecule has 1 heterocycles. The molecule has 0 unspecified atom stereocenters. The van der Waals surface area contributed by atoms with Gasteiger partial charge in [-0.15, -0.1) is 0 Å². The first kappa shape index (κ1) is 16.3. The van der Waals surface area contributed by atoms with Gasteiger partial charge < -0.3 is 14.5 Å². The zero-order valence-corrected chi connectivity index (χ0v) is 13.6. The molecule has 4 nitrogen and oxygen atoms in total. The van der Waals surface area contributed by atoms with Gasteiger partial charge in [0.25, 0.3) is 5.91 Å². The number of furan rings is 1. The lowest BCUT2D eigenvalue weighted by Crippen LogP contribution is -2.31. The standard InChI is InChI=1S/C18H15ClFNO3/c1-11(17-8-12-4-2-3-5-15(12)24-17)21-18(22)10-23-16-7-6-13(20)9-14(16)19/h2-9,11H,10H2,1H3,(H,21,22)/t11-/m1/s1. The second-order valence-electron chi connectivity index (χ2n) is 5.34. The summed E-state index contributed by atoms with van der Waals surface area (Å²) in [5, 5.41) is 3.88. The third kappa shape index (κ3) is 3.68. The molecule has 1 aromatic heterocycles. The average Bonchev–Trinajstić information content (AvgIpc) is 2.98. The summed E-state index contributed by atoms with van der Waals surface area (Å²) in [6.45, 7) is 1.59. The van der Waals surface area contributed by atoms with E-state index in [0.29, 0.717) is 5.76 Å². The van der Waals surface area contributed by atoms with Crippen LogP contribution in [-0.2, 0) is 4.79 Å². The van der Waals surface area contributed by atoms with E-state index in [1.807, 2.05) is 37.3 Å². The molecule has 0 aliphatic rings. The number of hydrogen-bond acceptors (Lipinski definition) is 3. The first-order valence-corrected chi connectivity index (χ1v) is 7.76. The van der Waals surface area contributed by atoms with E-state index in [-0.39, 0.29) is 29.3 Å². The number of carbonyl (C=O) groups excluding carboxylic acids is 1. The maximum atomic E-state index is 13.0. The van der Waals surface area contributed by atoms with Crippen LogP contribution in [0.3, 0.4) is 0 Å². The molecule has 0 saturated carbocycles. The Hall–Kier alpha value is -2.53. The summed E-state index contributed by atoms with van der Waals surface area (Å²) >= 11 is 5.85. The summed E-state index contributed by atoms with van der Waals surface area (Å²) in [5.41, 5.74) is 0.767. The van der Waals surface area contributed by atoms with Crippen LogP contribution in [0.2, 0.25) is 5.02 Å². The van der Waals surface area contributed by atoms with Gasteiger partial charge in [-0.1, -0.05) is 29.8 Å². The molecule has 0 bridgehead atoms. The number of para-hydroxylation sites is 1. The molecule has 1 atom stereocenters. The molecule has 6 heteroatoms. The molecule has 3 aromatic rings. The van der Waals surface area contributed by atoms with Gasteiger partial charge in [-0.05, 0) is 37.3 Å². The van der Waals surface area contributed by atoms with Gasteiger partial charge in [-0.3, -0.25) is 4.79 Å². The highest BCUT2D eigenvalue weighted by Crippen LogP contribution is 2.25. The molecule has 124 valence electrons. The fourth-order valence-corrected chi connectivity index (χ4v) is 2.53. The monoisotopic (exact) mass is 347 g/mol. The number of rotatable bonds is 5. The smallest absolute Gasteiger partial charge is 0.258 e. The van der Waals surface area contributed by atoms with E-state index in [0.717, 1.165) is 17.0 Å².